The summed E-state index contributed by atoms with van der Waals surface area (Å²) in [5.41, 5.74) is 5.87. The highest BCUT2D eigenvalue weighted by molar-refractivity contribution is 7.89. The van der Waals surface area contributed by atoms with E-state index in [1.165, 1.54) is 30.3 Å². The minimum Gasteiger partial charge on any atom is -0.399 e. The summed E-state index contributed by atoms with van der Waals surface area (Å²) in [6, 6.07) is 8.93. The van der Waals surface area contributed by atoms with Crippen molar-refractivity contribution in [3.63, 3.8) is 0 Å². The Bertz CT molecular complexity index is 1070. The largest absolute Gasteiger partial charge is 0.416 e. The lowest BCUT2D eigenvalue weighted by molar-refractivity contribution is -0.137. The number of fused-ring (bicyclic) bond motifs is 1. The number of benzene rings is 2. The van der Waals surface area contributed by atoms with E-state index < -0.39 is 21.8 Å². The van der Waals surface area contributed by atoms with Gasteiger partial charge in [0.15, 0.2) is 0 Å². The maximum atomic E-state index is 12.9. The molecular formula is C17H17F3N4O2S. The monoisotopic (exact) mass is 398 g/mol. The fourth-order valence-electron chi connectivity index (χ4n) is 2.73. The molecule has 3 aromatic rings. The number of alkyl halides is 3. The van der Waals surface area contributed by atoms with Crippen molar-refractivity contribution >= 4 is 26.7 Å². The zero-order valence-corrected chi connectivity index (χ0v) is 15.1. The lowest BCUT2D eigenvalue weighted by Crippen LogP contribution is -2.25. The van der Waals surface area contributed by atoms with E-state index in [2.05, 4.69) is 9.71 Å². The standard InChI is InChI=1S/C17H17F3N4O2S/c1-2-24-15-9-11(17(18,19)20)3-8-14(15)23-16(24)10-22-27(25,26)13-6-4-12(21)5-7-13/h3-9,22H,2,10,21H2,1H3. The molecule has 0 spiro atoms. The highest BCUT2D eigenvalue weighted by atomic mass is 32.2. The van der Waals surface area contributed by atoms with E-state index in [0.717, 1.165) is 12.1 Å². The number of anilines is 1. The van der Waals surface area contributed by atoms with Gasteiger partial charge in [-0.15, -0.1) is 0 Å². The van der Waals surface area contributed by atoms with Gasteiger partial charge < -0.3 is 10.3 Å². The van der Waals surface area contributed by atoms with Gasteiger partial charge in [0.25, 0.3) is 0 Å². The third-order valence-corrected chi connectivity index (χ3v) is 5.50. The van der Waals surface area contributed by atoms with Crippen LogP contribution in [0.15, 0.2) is 47.4 Å². The van der Waals surface area contributed by atoms with E-state index >= 15 is 0 Å². The Hall–Kier alpha value is -2.59. The molecule has 2 aromatic carbocycles. The number of hydrogen-bond donors (Lipinski definition) is 2. The molecule has 0 fully saturated rings. The van der Waals surface area contributed by atoms with E-state index in [1.54, 1.807) is 11.5 Å². The first-order valence-electron chi connectivity index (χ1n) is 8.03. The van der Waals surface area contributed by atoms with Crippen molar-refractivity contribution in [1.82, 2.24) is 14.3 Å². The number of nitrogen functional groups attached to an aromatic ring is 1. The fraction of sp³-hybridized carbons (Fsp3) is 0.235. The van der Waals surface area contributed by atoms with Gasteiger partial charge in [-0.1, -0.05) is 0 Å². The molecule has 0 radical (unpaired) electrons. The van der Waals surface area contributed by atoms with Crippen LogP contribution in [0.1, 0.15) is 18.3 Å². The summed E-state index contributed by atoms with van der Waals surface area (Å²) in [6.07, 6.45) is -4.46. The number of aromatic nitrogens is 2. The van der Waals surface area contributed by atoms with Crippen LogP contribution < -0.4 is 10.5 Å². The van der Waals surface area contributed by atoms with Crippen LogP contribution in [0.25, 0.3) is 11.0 Å². The van der Waals surface area contributed by atoms with Crippen molar-refractivity contribution in [2.75, 3.05) is 5.73 Å². The van der Waals surface area contributed by atoms with Crippen molar-refractivity contribution in [2.24, 2.45) is 0 Å². The Morgan fingerprint density at radius 1 is 1.15 bits per heavy atom. The predicted molar refractivity (Wildman–Crippen MR) is 95.3 cm³/mol. The molecule has 0 saturated carbocycles. The van der Waals surface area contributed by atoms with Gasteiger partial charge in [-0.2, -0.15) is 13.2 Å². The molecule has 0 aliphatic rings. The molecule has 144 valence electrons. The number of nitrogens with one attached hydrogen (secondary N) is 1. The Morgan fingerprint density at radius 2 is 1.81 bits per heavy atom. The van der Waals surface area contributed by atoms with Gasteiger partial charge in [0, 0.05) is 12.2 Å². The van der Waals surface area contributed by atoms with E-state index in [9.17, 15) is 21.6 Å². The average molecular weight is 398 g/mol. The molecule has 3 rings (SSSR count). The summed E-state index contributed by atoms with van der Waals surface area (Å²) in [7, 11) is -3.81. The molecule has 0 amide bonds. The molecule has 10 heteroatoms. The second-order valence-corrected chi connectivity index (χ2v) is 7.63. The Balaban J connectivity index is 1.91. The summed E-state index contributed by atoms with van der Waals surface area (Å²) in [5.74, 6) is 0.325. The van der Waals surface area contributed by atoms with Gasteiger partial charge in [0.05, 0.1) is 28.0 Å². The van der Waals surface area contributed by atoms with E-state index in [0.29, 0.717) is 29.1 Å². The van der Waals surface area contributed by atoms with Crippen molar-refractivity contribution in [1.29, 1.82) is 0 Å². The number of nitrogens with two attached hydrogens (primary N) is 1. The molecular weight excluding hydrogens is 381 g/mol. The summed E-state index contributed by atoms with van der Waals surface area (Å²) in [4.78, 5) is 4.30. The summed E-state index contributed by atoms with van der Waals surface area (Å²) < 4.78 is 67.6. The van der Waals surface area contributed by atoms with Crippen LogP contribution in [0.5, 0.6) is 0 Å². The number of halogens is 3. The van der Waals surface area contributed by atoms with Crippen LogP contribution in [-0.2, 0) is 29.3 Å². The van der Waals surface area contributed by atoms with Crippen LogP contribution >= 0.6 is 0 Å². The lowest BCUT2D eigenvalue weighted by Gasteiger charge is -2.10. The highest BCUT2D eigenvalue weighted by Crippen LogP contribution is 2.31. The van der Waals surface area contributed by atoms with Gasteiger partial charge in [-0.25, -0.2) is 18.1 Å². The SMILES string of the molecule is CCn1c(CNS(=O)(=O)c2ccc(N)cc2)nc2ccc(C(F)(F)F)cc21. The van der Waals surface area contributed by atoms with Crippen LogP contribution in [-0.4, -0.2) is 18.0 Å². The number of aryl methyl sites for hydroxylation is 1. The van der Waals surface area contributed by atoms with Crippen LogP contribution in [0.2, 0.25) is 0 Å². The molecule has 3 N–H and O–H groups in total. The first kappa shape index (κ1) is 19.2. The van der Waals surface area contributed by atoms with Crippen LogP contribution in [0, 0.1) is 0 Å². The lowest BCUT2D eigenvalue weighted by atomic mass is 10.2. The minimum absolute atomic E-state index is 0.0372. The van der Waals surface area contributed by atoms with Crippen molar-refractivity contribution in [3.8, 4) is 0 Å². The number of imidazole rings is 1. The smallest absolute Gasteiger partial charge is 0.399 e. The number of nitrogens with zero attached hydrogens (tertiary/aromatic N) is 2. The molecule has 0 saturated heterocycles. The minimum atomic E-state index is -4.46. The van der Waals surface area contributed by atoms with Crippen LogP contribution in [0.4, 0.5) is 18.9 Å². The van der Waals surface area contributed by atoms with Crippen molar-refractivity contribution in [2.45, 2.75) is 31.1 Å². The highest BCUT2D eigenvalue weighted by Gasteiger charge is 2.31. The average Bonchev–Trinajstić information content (AvgIpc) is 2.96. The quantitative estimate of drug-likeness (QED) is 0.646. The zero-order valence-electron chi connectivity index (χ0n) is 14.3. The summed E-state index contributed by atoms with van der Waals surface area (Å²) in [6.45, 7) is 1.94. The second kappa shape index (κ2) is 6.86. The molecule has 0 aliphatic heterocycles. The predicted octanol–water partition coefficient (Wildman–Crippen LogP) is 3.14. The molecule has 0 bridgehead atoms. The van der Waals surface area contributed by atoms with Gasteiger partial charge >= 0.3 is 6.18 Å². The summed E-state index contributed by atoms with van der Waals surface area (Å²) >= 11 is 0. The number of sulfonamides is 1. The van der Waals surface area contributed by atoms with Crippen LogP contribution in [0.3, 0.4) is 0 Å². The first-order chi connectivity index (χ1) is 12.6. The van der Waals surface area contributed by atoms with Gasteiger partial charge in [0.2, 0.25) is 10.0 Å². The van der Waals surface area contributed by atoms with Crippen molar-refractivity contribution < 1.29 is 21.6 Å². The molecule has 0 unspecified atom stereocenters. The normalized spacial score (nSPS) is 12.6. The molecule has 0 aliphatic carbocycles. The third-order valence-electron chi connectivity index (χ3n) is 4.08. The van der Waals surface area contributed by atoms with E-state index in [4.69, 9.17) is 5.73 Å². The maximum absolute atomic E-state index is 12.9. The maximum Gasteiger partial charge on any atom is 0.416 e. The molecule has 1 aromatic heterocycles. The Morgan fingerprint density at radius 3 is 2.41 bits per heavy atom. The Labute approximate surface area is 153 Å². The summed E-state index contributed by atoms with van der Waals surface area (Å²) in [5, 5.41) is 0. The molecule has 6 nitrogen and oxygen atoms in total. The van der Waals surface area contributed by atoms with E-state index in [1.807, 2.05) is 0 Å². The molecule has 1 heterocycles. The number of hydrogen-bond acceptors (Lipinski definition) is 4. The van der Waals surface area contributed by atoms with Gasteiger partial charge in [0.1, 0.15) is 5.82 Å². The molecule has 0 atom stereocenters. The zero-order chi connectivity index (χ0) is 19.8. The van der Waals surface area contributed by atoms with Gasteiger partial charge in [-0.3, -0.25) is 0 Å². The Kier molecular flexibility index (Phi) is 4.87. The number of rotatable bonds is 5. The third kappa shape index (κ3) is 3.91. The van der Waals surface area contributed by atoms with Crippen molar-refractivity contribution in [3.05, 3.63) is 53.9 Å². The molecule has 27 heavy (non-hydrogen) atoms. The second-order valence-electron chi connectivity index (χ2n) is 5.87. The van der Waals surface area contributed by atoms with E-state index in [-0.39, 0.29) is 11.4 Å². The topological polar surface area (TPSA) is 90.0 Å². The fourth-order valence-corrected chi connectivity index (χ4v) is 3.71. The van der Waals surface area contributed by atoms with Gasteiger partial charge in [-0.05, 0) is 49.4 Å². The first-order valence-corrected chi connectivity index (χ1v) is 9.51.